The maximum Gasteiger partial charge on any atom is 0.416 e. The first-order chi connectivity index (χ1) is 11.9. The normalized spacial score (nSPS) is 11.3. The summed E-state index contributed by atoms with van der Waals surface area (Å²) in [5, 5.41) is 10.2. The highest BCUT2D eigenvalue weighted by Crippen LogP contribution is 2.29. The van der Waals surface area contributed by atoms with Crippen molar-refractivity contribution in [2.45, 2.75) is 12.7 Å². The number of anilines is 1. The first-order valence-corrected chi connectivity index (χ1v) is 7.34. The molecule has 0 bridgehead atoms. The molecule has 0 aliphatic heterocycles. The van der Waals surface area contributed by atoms with E-state index in [0.29, 0.717) is 6.54 Å². The maximum absolute atomic E-state index is 12.5. The van der Waals surface area contributed by atoms with Crippen molar-refractivity contribution in [3.8, 4) is 0 Å². The fourth-order valence-corrected chi connectivity index (χ4v) is 2.19. The Labute approximate surface area is 141 Å². The molecule has 128 valence electrons. The number of aromatic nitrogens is 3. The van der Waals surface area contributed by atoms with Crippen LogP contribution in [0.1, 0.15) is 21.6 Å². The second kappa shape index (κ2) is 6.76. The molecule has 3 aromatic rings. The third kappa shape index (κ3) is 4.23. The third-order valence-electron chi connectivity index (χ3n) is 3.43. The summed E-state index contributed by atoms with van der Waals surface area (Å²) in [6, 6.07) is 13.7. The summed E-state index contributed by atoms with van der Waals surface area (Å²) >= 11 is 0. The predicted octanol–water partition coefficient (Wildman–Crippen LogP) is 3.60. The molecule has 1 aromatic heterocycles. The summed E-state index contributed by atoms with van der Waals surface area (Å²) in [6.45, 7) is 0.460. The zero-order chi connectivity index (χ0) is 17.9. The summed E-state index contributed by atoms with van der Waals surface area (Å²) in [5.41, 5.74) is 0.549. The first-order valence-electron chi connectivity index (χ1n) is 7.34. The summed E-state index contributed by atoms with van der Waals surface area (Å²) in [4.78, 5) is 12.1. The minimum atomic E-state index is -4.41. The Morgan fingerprint density at radius 2 is 1.72 bits per heavy atom. The lowest BCUT2D eigenvalue weighted by Crippen LogP contribution is -2.13. The van der Waals surface area contributed by atoms with Crippen molar-refractivity contribution in [2.75, 3.05) is 5.32 Å². The number of nitrogens with zero attached hydrogens (tertiary/aromatic N) is 3. The molecule has 0 atom stereocenters. The Morgan fingerprint density at radius 1 is 1.04 bits per heavy atom. The quantitative estimate of drug-likeness (QED) is 0.785. The van der Waals surface area contributed by atoms with Crippen LogP contribution in [-0.2, 0) is 12.7 Å². The number of benzene rings is 2. The lowest BCUT2D eigenvalue weighted by molar-refractivity contribution is -0.137. The lowest BCUT2D eigenvalue weighted by atomic mass is 10.2. The molecule has 5 nitrogen and oxygen atoms in total. The second-order valence-electron chi connectivity index (χ2n) is 5.32. The topological polar surface area (TPSA) is 59.8 Å². The lowest BCUT2D eigenvalue weighted by Gasteiger charge is -2.07. The van der Waals surface area contributed by atoms with Crippen molar-refractivity contribution >= 4 is 11.6 Å². The van der Waals surface area contributed by atoms with E-state index in [0.717, 1.165) is 17.7 Å². The molecule has 8 heteroatoms. The van der Waals surface area contributed by atoms with Crippen molar-refractivity contribution in [3.63, 3.8) is 0 Å². The van der Waals surface area contributed by atoms with Gasteiger partial charge in [-0.3, -0.25) is 4.79 Å². The minimum absolute atomic E-state index is 0.0795. The van der Waals surface area contributed by atoms with Gasteiger partial charge in [0.15, 0.2) is 5.69 Å². The molecule has 1 amide bonds. The number of hydrogen-bond donors (Lipinski definition) is 1. The Kier molecular flexibility index (Phi) is 4.51. The van der Waals surface area contributed by atoms with Gasteiger partial charge in [-0.15, -0.1) is 5.10 Å². The van der Waals surface area contributed by atoms with Gasteiger partial charge in [0.05, 0.1) is 18.3 Å². The third-order valence-corrected chi connectivity index (χ3v) is 3.43. The molecule has 0 unspecified atom stereocenters. The number of amides is 1. The van der Waals surface area contributed by atoms with Gasteiger partial charge in [-0.05, 0) is 29.8 Å². The van der Waals surface area contributed by atoms with Crippen LogP contribution in [0.4, 0.5) is 18.9 Å². The van der Waals surface area contributed by atoms with Crippen LogP contribution in [0, 0.1) is 0 Å². The van der Waals surface area contributed by atoms with Crippen molar-refractivity contribution < 1.29 is 18.0 Å². The van der Waals surface area contributed by atoms with Crippen LogP contribution in [0.3, 0.4) is 0 Å². The molecule has 0 spiro atoms. The monoisotopic (exact) mass is 346 g/mol. The van der Waals surface area contributed by atoms with E-state index in [2.05, 4.69) is 15.6 Å². The first kappa shape index (κ1) is 16.7. The molecule has 0 aliphatic rings. The van der Waals surface area contributed by atoms with Gasteiger partial charge in [0.1, 0.15) is 0 Å². The Morgan fingerprint density at radius 3 is 2.36 bits per heavy atom. The van der Waals surface area contributed by atoms with Gasteiger partial charge in [0.25, 0.3) is 5.91 Å². The Hall–Kier alpha value is -3.16. The molecule has 0 radical (unpaired) electrons. The maximum atomic E-state index is 12.5. The number of halogens is 3. The minimum Gasteiger partial charge on any atom is -0.321 e. The van der Waals surface area contributed by atoms with E-state index in [1.165, 1.54) is 23.0 Å². The predicted molar refractivity (Wildman–Crippen MR) is 85.0 cm³/mol. The standard InChI is InChI=1S/C17H13F3N4O/c18-17(19,20)13-6-8-14(9-7-13)21-16(25)15-11-24(23-22-15)10-12-4-2-1-3-5-12/h1-9,11H,10H2,(H,21,25). The van der Waals surface area contributed by atoms with E-state index in [1.807, 2.05) is 30.3 Å². The highest BCUT2D eigenvalue weighted by molar-refractivity contribution is 6.02. The van der Waals surface area contributed by atoms with Crippen LogP contribution in [0.25, 0.3) is 0 Å². The highest BCUT2D eigenvalue weighted by Gasteiger charge is 2.30. The number of carbonyl (C=O) groups excluding carboxylic acids is 1. The van der Waals surface area contributed by atoms with Gasteiger partial charge in [0.2, 0.25) is 0 Å². The fourth-order valence-electron chi connectivity index (χ4n) is 2.19. The smallest absolute Gasteiger partial charge is 0.321 e. The molecule has 2 aromatic carbocycles. The number of rotatable bonds is 4. The van der Waals surface area contributed by atoms with E-state index < -0.39 is 17.6 Å². The molecule has 0 aliphatic carbocycles. The SMILES string of the molecule is O=C(Nc1ccc(C(F)(F)F)cc1)c1cn(Cc2ccccc2)nn1. The molecule has 0 saturated carbocycles. The van der Waals surface area contributed by atoms with E-state index in [1.54, 1.807) is 0 Å². The fraction of sp³-hybridized carbons (Fsp3) is 0.118. The van der Waals surface area contributed by atoms with Crippen molar-refractivity contribution in [1.29, 1.82) is 0 Å². The average Bonchev–Trinajstić information content (AvgIpc) is 3.04. The molecule has 0 saturated heterocycles. The largest absolute Gasteiger partial charge is 0.416 e. The summed E-state index contributed by atoms with van der Waals surface area (Å²) < 4.78 is 39.1. The average molecular weight is 346 g/mol. The van der Waals surface area contributed by atoms with Gasteiger partial charge in [-0.25, -0.2) is 4.68 Å². The van der Waals surface area contributed by atoms with Gasteiger partial charge in [-0.2, -0.15) is 13.2 Å². The van der Waals surface area contributed by atoms with Crippen LogP contribution in [0.15, 0.2) is 60.8 Å². The second-order valence-corrected chi connectivity index (χ2v) is 5.32. The summed E-state index contributed by atoms with van der Waals surface area (Å²) in [5.74, 6) is -0.543. The van der Waals surface area contributed by atoms with Crippen LogP contribution >= 0.6 is 0 Å². The van der Waals surface area contributed by atoms with Crippen LogP contribution in [0.5, 0.6) is 0 Å². The van der Waals surface area contributed by atoms with E-state index >= 15 is 0 Å². The summed E-state index contributed by atoms with van der Waals surface area (Å²) in [6.07, 6.45) is -2.94. The van der Waals surface area contributed by atoms with Crippen molar-refractivity contribution in [1.82, 2.24) is 15.0 Å². The van der Waals surface area contributed by atoms with Gasteiger partial charge in [-0.1, -0.05) is 35.5 Å². The van der Waals surface area contributed by atoms with Crippen molar-refractivity contribution in [2.24, 2.45) is 0 Å². The van der Waals surface area contributed by atoms with Gasteiger partial charge >= 0.3 is 6.18 Å². The van der Waals surface area contributed by atoms with E-state index in [-0.39, 0.29) is 11.4 Å². The zero-order valence-electron chi connectivity index (χ0n) is 12.9. The van der Waals surface area contributed by atoms with Gasteiger partial charge in [0, 0.05) is 5.69 Å². The molecule has 1 N–H and O–H groups in total. The number of alkyl halides is 3. The highest BCUT2D eigenvalue weighted by atomic mass is 19.4. The van der Waals surface area contributed by atoms with Crippen LogP contribution in [-0.4, -0.2) is 20.9 Å². The van der Waals surface area contributed by atoms with Gasteiger partial charge < -0.3 is 5.32 Å². The van der Waals surface area contributed by atoms with Crippen LogP contribution in [0.2, 0.25) is 0 Å². The molecule has 3 rings (SSSR count). The van der Waals surface area contributed by atoms with Crippen LogP contribution < -0.4 is 5.32 Å². The number of hydrogen-bond acceptors (Lipinski definition) is 3. The zero-order valence-corrected chi connectivity index (χ0v) is 12.9. The van der Waals surface area contributed by atoms with E-state index in [9.17, 15) is 18.0 Å². The molecular formula is C17H13F3N4O. The molecule has 1 heterocycles. The molecular weight excluding hydrogens is 333 g/mol. The number of carbonyl (C=O) groups is 1. The Bertz CT molecular complexity index is 858. The number of nitrogens with one attached hydrogen (secondary N) is 1. The van der Waals surface area contributed by atoms with Crippen molar-refractivity contribution in [3.05, 3.63) is 77.6 Å². The molecule has 0 fully saturated rings. The molecule has 25 heavy (non-hydrogen) atoms. The van der Waals surface area contributed by atoms with E-state index in [4.69, 9.17) is 0 Å². The Balaban J connectivity index is 1.66. The summed E-state index contributed by atoms with van der Waals surface area (Å²) in [7, 11) is 0.